The molecule has 18 heavy (non-hydrogen) atoms. The van der Waals surface area contributed by atoms with Crippen LogP contribution in [-0.4, -0.2) is 35.3 Å². The highest BCUT2D eigenvalue weighted by atomic mass is 32.2. The Kier molecular flexibility index (Phi) is 3.64. The van der Waals surface area contributed by atoms with Crippen LogP contribution < -0.4 is 5.32 Å². The predicted octanol–water partition coefficient (Wildman–Crippen LogP) is 1.82. The first kappa shape index (κ1) is 13.7. The summed E-state index contributed by atoms with van der Waals surface area (Å²) in [6.07, 6.45) is 1.32. The van der Waals surface area contributed by atoms with Crippen molar-refractivity contribution < 1.29 is 8.42 Å². The first-order valence-electron chi connectivity index (χ1n) is 6.07. The molecule has 0 amide bonds. The predicted molar refractivity (Wildman–Crippen MR) is 73.9 cm³/mol. The number of hydrogen-bond donors (Lipinski definition) is 1. The van der Waals surface area contributed by atoms with Crippen LogP contribution in [-0.2, 0) is 15.3 Å². The molecule has 0 aromatic carbocycles. The van der Waals surface area contributed by atoms with E-state index in [2.05, 4.69) is 35.4 Å². The summed E-state index contributed by atoms with van der Waals surface area (Å²) in [6, 6.07) is 0.203. The molecule has 1 aromatic heterocycles. The summed E-state index contributed by atoms with van der Waals surface area (Å²) in [4.78, 5) is 4.46. The van der Waals surface area contributed by atoms with E-state index in [0.717, 1.165) is 11.0 Å². The molecule has 1 fully saturated rings. The third-order valence-corrected chi connectivity index (χ3v) is 5.34. The van der Waals surface area contributed by atoms with E-state index in [-0.39, 0.29) is 23.0 Å². The Morgan fingerprint density at radius 3 is 2.39 bits per heavy atom. The van der Waals surface area contributed by atoms with Crippen LogP contribution in [0.2, 0.25) is 0 Å². The molecule has 1 aliphatic heterocycles. The van der Waals surface area contributed by atoms with Gasteiger partial charge in [0.2, 0.25) is 5.13 Å². The molecule has 0 spiro atoms. The molecule has 2 heterocycles. The van der Waals surface area contributed by atoms with E-state index in [9.17, 15) is 8.42 Å². The maximum Gasteiger partial charge on any atom is 0.202 e. The topological polar surface area (TPSA) is 72.0 Å². The van der Waals surface area contributed by atoms with Gasteiger partial charge in [-0.25, -0.2) is 13.4 Å². The normalized spacial score (nSPS) is 20.8. The Morgan fingerprint density at radius 1 is 1.28 bits per heavy atom. The van der Waals surface area contributed by atoms with E-state index < -0.39 is 9.84 Å². The van der Waals surface area contributed by atoms with Gasteiger partial charge in [-0.15, -0.1) is 0 Å². The van der Waals surface area contributed by atoms with Crippen molar-refractivity contribution in [2.75, 3.05) is 16.8 Å². The van der Waals surface area contributed by atoms with Gasteiger partial charge in [0.15, 0.2) is 0 Å². The molecule has 1 saturated heterocycles. The van der Waals surface area contributed by atoms with Gasteiger partial charge in [0, 0.05) is 23.0 Å². The minimum atomic E-state index is -2.80. The monoisotopic (exact) mass is 289 g/mol. The molecule has 7 heteroatoms. The van der Waals surface area contributed by atoms with Gasteiger partial charge >= 0.3 is 0 Å². The molecule has 2 rings (SSSR count). The van der Waals surface area contributed by atoms with Crippen molar-refractivity contribution in [1.29, 1.82) is 0 Å². The molecular weight excluding hydrogens is 270 g/mol. The van der Waals surface area contributed by atoms with E-state index in [1.165, 1.54) is 11.5 Å². The maximum atomic E-state index is 11.3. The van der Waals surface area contributed by atoms with Crippen LogP contribution in [0.25, 0.3) is 0 Å². The first-order chi connectivity index (χ1) is 8.26. The highest BCUT2D eigenvalue weighted by molar-refractivity contribution is 7.91. The van der Waals surface area contributed by atoms with Crippen LogP contribution in [0.3, 0.4) is 0 Å². The van der Waals surface area contributed by atoms with Crippen molar-refractivity contribution in [3.05, 3.63) is 5.82 Å². The zero-order valence-corrected chi connectivity index (χ0v) is 12.6. The number of sulfone groups is 1. The second kappa shape index (κ2) is 4.77. The molecule has 0 aliphatic carbocycles. The summed E-state index contributed by atoms with van der Waals surface area (Å²) in [6.45, 7) is 6.23. The number of nitrogens with one attached hydrogen (secondary N) is 1. The average Bonchev–Trinajstić information content (AvgIpc) is 2.69. The Hall–Kier alpha value is -0.690. The number of hydrogen-bond acceptors (Lipinski definition) is 6. The summed E-state index contributed by atoms with van der Waals surface area (Å²) < 4.78 is 27.0. The van der Waals surface area contributed by atoms with Crippen LogP contribution >= 0.6 is 11.5 Å². The Morgan fingerprint density at radius 2 is 1.89 bits per heavy atom. The fraction of sp³-hybridized carbons (Fsp3) is 0.818. The zero-order chi connectivity index (χ0) is 13.4. The second-order valence-electron chi connectivity index (χ2n) is 5.74. The lowest BCUT2D eigenvalue weighted by Crippen LogP contribution is -2.32. The second-order valence-corrected chi connectivity index (χ2v) is 8.80. The number of nitrogens with zero attached hydrogens (tertiary/aromatic N) is 2. The summed E-state index contributed by atoms with van der Waals surface area (Å²) in [7, 11) is -2.80. The molecular formula is C11H19N3O2S2. The molecule has 1 aromatic rings. The Labute approximate surface area is 112 Å². The maximum absolute atomic E-state index is 11.3. The molecule has 5 nitrogen and oxygen atoms in total. The van der Waals surface area contributed by atoms with E-state index in [0.29, 0.717) is 12.8 Å². The Bertz CT molecular complexity index is 503. The van der Waals surface area contributed by atoms with Gasteiger partial charge < -0.3 is 5.32 Å². The molecule has 0 saturated carbocycles. The van der Waals surface area contributed by atoms with Gasteiger partial charge in [0.05, 0.1) is 11.5 Å². The lowest BCUT2D eigenvalue weighted by molar-refractivity contribution is 0.551. The standard InChI is InChI=1S/C11H19N3O2S2/c1-11(2,3)9-13-10(17-14-9)12-8-4-6-18(15,16)7-5-8/h8H,4-7H2,1-3H3,(H,12,13,14). The van der Waals surface area contributed by atoms with E-state index in [1.807, 2.05) is 0 Å². The molecule has 1 aliphatic rings. The third-order valence-electron chi connectivity index (χ3n) is 2.98. The minimum Gasteiger partial charge on any atom is -0.357 e. The highest BCUT2D eigenvalue weighted by Crippen LogP contribution is 2.24. The Balaban J connectivity index is 1.97. The first-order valence-corrected chi connectivity index (χ1v) is 8.67. The van der Waals surface area contributed by atoms with Gasteiger partial charge in [0.25, 0.3) is 0 Å². The van der Waals surface area contributed by atoms with Crippen molar-refractivity contribution in [2.24, 2.45) is 0 Å². The molecule has 0 radical (unpaired) electrons. The SMILES string of the molecule is CC(C)(C)c1nsc(NC2CCS(=O)(=O)CC2)n1. The van der Waals surface area contributed by atoms with Crippen molar-refractivity contribution in [2.45, 2.75) is 45.1 Å². The fourth-order valence-corrected chi connectivity index (χ4v) is 4.12. The smallest absolute Gasteiger partial charge is 0.202 e. The van der Waals surface area contributed by atoms with Gasteiger partial charge in [-0.3, -0.25) is 0 Å². The molecule has 1 N–H and O–H groups in total. The van der Waals surface area contributed by atoms with Crippen molar-refractivity contribution in [1.82, 2.24) is 9.36 Å². The number of rotatable bonds is 2. The summed E-state index contributed by atoms with van der Waals surface area (Å²) in [5, 5.41) is 4.09. The van der Waals surface area contributed by atoms with Gasteiger partial charge in [-0.2, -0.15) is 4.37 Å². The summed E-state index contributed by atoms with van der Waals surface area (Å²) in [5.41, 5.74) is -0.0493. The molecule has 102 valence electrons. The van der Waals surface area contributed by atoms with Crippen molar-refractivity contribution in [3.8, 4) is 0 Å². The quantitative estimate of drug-likeness (QED) is 0.899. The highest BCUT2D eigenvalue weighted by Gasteiger charge is 2.25. The van der Waals surface area contributed by atoms with E-state index in [4.69, 9.17) is 0 Å². The van der Waals surface area contributed by atoms with Crippen molar-refractivity contribution in [3.63, 3.8) is 0 Å². The lowest BCUT2D eigenvalue weighted by Gasteiger charge is -2.22. The van der Waals surface area contributed by atoms with Crippen molar-refractivity contribution >= 4 is 26.5 Å². The van der Waals surface area contributed by atoms with Gasteiger partial charge in [-0.05, 0) is 12.8 Å². The average molecular weight is 289 g/mol. The van der Waals surface area contributed by atoms with Gasteiger partial charge in [0.1, 0.15) is 15.7 Å². The van der Waals surface area contributed by atoms with Crippen LogP contribution in [0.1, 0.15) is 39.4 Å². The van der Waals surface area contributed by atoms with Crippen LogP contribution in [0.15, 0.2) is 0 Å². The zero-order valence-electron chi connectivity index (χ0n) is 10.9. The summed E-state index contributed by atoms with van der Waals surface area (Å²) in [5.74, 6) is 1.38. The molecule has 0 bridgehead atoms. The fourth-order valence-electron chi connectivity index (χ4n) is 1.80. The third kappa shape index (κ3) is 3.41. The van der Waals surface area contributed by atoms with E-state index >= 15 is 0 Å². The minimum absolute atomic E-state index is 0.0493. The summed E-state index contributed by atoms with van der Waals surface area (Å²) >= 11 is 1.35. The number of aromatic nitrogens is 2. The number of anilines is 1. The van der Waals surface area contributed by atoms with Crippen LogP contribution in [0.5, 0.6) is 0 Å². The van der Waals surface area contributed by atoms with Crippen LogP contribution in [0, 0.1) is 0 Å². The molecule has 0 unspecified atom stereocenters. The largest absolute Gasteiger partial charge is 0.357 e. The molecule has 0 atom stereocenters. The van der Waals surface area contributed by atoms with Crippen LogP contribution in [0.4, 0.5) is 5.13 Å². The van der Waals surface area contributed by atoms with E-state index in [1.54, 1.807) is 0 Å². The van der Waals surface area contributed by atoms with Gasteiger partial charge in [-0.1, -0.05) is 20.8 Å². The lowest BCUT2D eigenvalue weighted by atomic mass is 9.96.